The molecule has 0 fully saturated rings. The Kier molecular flexibility index (Phi) is 5.20. The van der Waals surface area contributed by atoms with Gasteiger partial charge < -0.3 is 9.15 Å². The number of nitrogens with zero attached hydrogens (tertiary/aromatic N) is 2. The van der Waals surface area contributed by atoms with Crippen molar-refractivity contribution < 1.29 is 9.15 Å². The predicted molar refractivity (Wildman–Crippen MR) is 98.6 cm³/mol. The maximum Gasteiger partial charge on any atom is 0.198 e. The van der Waals surface area contributed by atoms with E-state index < -0.39 is 0 Å². The van der Waals surface area contributed by atoms with Crippen LogP contribution in [0.2, 0.25) is 0 Å². The molecule has 0 spiro atoms. The van der Waals surface area contributed by atoms with E-state index in [-0.39, 0.29) is 6.04 Å². The summed E-state index contributed by atoms with van der Waals surface area (Å²) in [6, 6.07) is 11.7. The molecular weight excluding hydrogens is 390 g/mol. The van der Waals surface area contributed by atoms with Crippen molar-refractivity contribution in [1.29, 1.82) is 0 Å². The number of furan rings is 1. The standard InChI is InChI=1S/C17H18BrN3O2S/c1-3-11(2)21-16(19-20-17(21)24)15-9-8-14(23-15)10-22-13-6-4-12(18)5-7-13/h4-9,11H,3,10H2,1-2H3,(H,20,24)/t11-/m1/s1. The lowest BCUT2D eigenvalue weighted by molar-refractivity contribution is 0.271. The smallest absolute Gasteiger partial charge is 0.198 e. The van der Waals surface area contributed by atoms with E-state index in [0.717, 1.165) is 22.4 Å². The van der Waals surface area contributed by atoms with Gasteiger partial charge in [0.25, 0.3) is 0 Å². The first-order valence-corrected chi connectivity index (χ1v) is 8.93. The number of aromatic nitrogens is 3. The molecule has 0 amide bonds. The van der Waals surface area contributed by atoms with Gasteiger partial charge in [0, 0.05) is 10.5 Å². The van der Waals surface area contributed by atoms with Crippen LogP contribution in [0.3, 0.4) is 0 Å². The van der Waals surface area contributed by atoms with Crippen LogP contribution in [0, 0.1) is 4.77 Å². The molecule has 0 unspecified atom stereocenters. The Hall–Kier alpha value is -1.86. The van der Waals surface area contributed by atoms with Crippen molar-refractivity contribution in [2.75, 3.05) is 0 Å². The van der Waals surface area contributed by atoms with E-state index in [1.807, 2.05) is 41.0 Å². The van der Waals surface area contributed by atoms with Crippen molar-refractivity contribution in [1.82, 2.24) is 14.8 Å². The molecule has 0 saturated heterocycles. The molecule has 3 aromatic rings. The number of hydrogen-bond acceptors (Lipinski definition) is 4. The quantitative estimate of drug-likeness (QED) is 0.546. The molecule has 0 radical (unpaired) electrons. The summed E-state index contributed by atoms with van der Waals surface area (Å²) in [5.41, 5.74) is 0. The van der Waals surface area contributed by atoms with Crippen molar-refractivity contribution in [3.63, 3.8) is 0 Å². The van der Waals surface area contributed by atoms with Crippen molar-refractivity contribution in [2.24, 2.45) is 0 Å². The van der Waals surface area contributed by atoms with Crippen molar-refractivity contribution in [2.45, 2.75) is 32.9 Å². The Bertz CT molecular complexity index is 867. The van der Waals surface area contributed by atoms with Gasteiger partial charge >= 0.3 is 0 Å². The molecule has 126 valence electrons. The van der Waals surface area contributed by atoms with E-state index in [2.05, 4.69) is 40.0 Å². The Balaban J connectivity index is 1.76. The number of hydrogen-bond donors (Lipinski definition) is 1. The molecule has 0 aliphatic rings. The molecule has 2 aromatic heterocycles. The zero-order valence-corrected chi connectivity index (χ0v) is 15.9. The number of H-pyrrole nitrogens is 1. The summed E-state index contributed by atoms with van der Waals surface area (Å²) in [5.74, 6) is 2.91. The molecule has 0 saturated carbocycles. The topological polar surface area (TPSA) is 56.0 Å². The highest BCUT2D eigenvalue weighted by Crippen LogP contribution is 2.25. The number of aromatic amines is 1. The second-order valence-electron chi connectivity index (χ2n) is 5.49. The summed E-state index contributed by atoms with van der Waals surface area (Å²) < 4.78 is 15.2. The molecule has 0 aliphatic heterocycles. The third-order valence-corrected chi connectivity index (χ3v) is 4.63. The van der Waals surface area contributed by atoms with Crippen molar-refractivity contribution in [3.05, 3.63) is 51.4 Å². The van der Waals surface area contributed by atoms with Crippen LogP contribution in [-0.4, -0.2) is 14.8 Å². The van der Waals surface area contributed by atoms with E-state index in [9.17, 15) is 0 Å². The van der Waals surface area contributed by atoms with Gasteiger partial charge in [-0.25, -0.2) is 0 Å². The first-order chi connectivity index (χ1) is 11.6. The van der Waals surface area contributed by atoms with Gasteiger partial charge in [0.2, 0.25) is 0 Å². The van der Waals surface area contributed by atoms with Gasteiger partial charge in [-0.1, -0.05) is 22.9 Å². The zero-order valence-electron chi connectivity index (χ0n) is 13.5. The zero-order chi connectivity index (χ0) is 17.1. The lowest BCUT2D eigenvalue weighted by Gasteiger charge is -2.11. The lowest BCUT2D eigenvalue weighted by Crippen LogP contribution is -2.05. The fourth-order valence-corrected chi connectivity index (χ4v) is 2.91. The van der Waals surface area contributed by atoms with E-state index in [1.54, 1.807) is 0 Å². The summed E-state index contributed by atoms with van der Waals surface area (Å²) in [7, 11) is 0. The molecule has 2 heterocycles. The summed E-state index contributed by atoms with van der Waals surface area (Å²) in [5, 5.41) is 7.15. The molecule has 1 aromatic carbocycles. The Morgan fingerprint density at radius 2 is 2.04 bits per heavy atom. The highest BCUT2D eigenvalue weighted by molar-refractivity contribution is 9.10. The van der Waals surface area contributed by atoms with Crippen LogP contribution in [0.5, 0.6) is 5.75 Å². The van der Waals surface area contributed by atoms with Crippen LogP contribution >= 0.6 is 28.1 Å². The van der Waals surface area contributed by atoms with Gasteiger partial charge in [0.05, 0.1) is 0 Å². The summed E-state index contributed by atoms with van der Waals surface area (Å²) in [6.07, 6.45) is 0.959. The second-order valence-corrected chi connectivity index (χ2v) is 6.79. The van der Waals surface area contributed by atoms with Gasteiger partial charge in [0.1, 0.15) is 18.1 Å². The number of nitrogens with one attached hydrogen (secondary N) is 1. The number of ether oxygens (including phenoxy) is 1. The van der Waals surface area contributed by atoms with Gasteiger partial charge in [-0.3, -0.25) is 9.67 Å². The van der Waals surface area contributed by atoms with Crippen LogP contribution in [0.25, 0.3) is 11.6 Å². The van der Waals surface area contributed by atoms with Crippen molar-refractivity contribution in [3.8, 4) is 17.3 Å². The lowest BCUT2D eigenvalue weighted by atomic mass is 10.2. The van der Waals surface area contributed by atoms with E-state index in [4.69, 9.17) is 21.4 Å². The monoisotopic (exact) mass is 407 g/mol. The number of rotatable bonds is 6. The Morgan fingerprint density at radius 1 is 1.29 bits per heavy atom. The summed E-state index contributed by atoms with van der Waals surface area (Å²) in [6.45, 7) is 4.58. The average molecular weight is 408 g/mol. The Morgan fingerprint density at radius 3 is 2.75 bits per heavy atom. The third kappa shape index (κ3) is 3.62. The second kappa shape index (κ2) is 7.36. The molecule has 1 N–H and O–H groups in total. The van der Waals surface area contributed by atoms with Gasteiger partial charge in [0.15, 0.2) is 16.4 Å². The predicted octanol–water partition coefficient (Wildman–Crippen LogP) is 5.51. The first-order valence-electron chi connectivity index (χ1n) is 7.73. The van der Waals surface area contributed by atoms with Crippen LogP contribution in [0.15, 0.2) is 45.3 Å². The van der Waals surface area contributed by atoms with Gasteiger partial charge in [-0.2, -0.15) is 5.10 Å². The SMILES string of the molecule is CC[C@@H](C)n1c(-c2ccc(COc3ccc(Br)cc3)o2)n[nH]c1=S. The van der Waals surface area contributed by atoms with E-state index in [0.29, 0.717) is 23.0 Å². The molecule has 24 heavy (non-hydrogen) atoms. The molecule has 0 bridgehead atoms. The third-order valence-electron chi connectivity index (χ3n) is 3.81. The van der Waals surface area contributed by atoms with Crippen LogP contribution in [-0.2, 0) is 6.61 Å². The fourth-order valence-electron chi connectivity index (χ4n) is 2.33. The first kappa shape index (κ1) is 17.0. The largest absolute Gasteiger partial charge is 0.486 e. The normalized spacial score (nSPS) is 12.3. The number of benzene rings is 1. The van der Waals surface area contributed by atoms with Gasteiger partial charge in [-0.05, 0) is 62.0 Å². The number of halogens is 1. The fraction of sp³-hybridized carbons (Fsp3) is 0.294. The average Bonchev–Trinajstić information content (AvgIpc) is 3.20. The molecule has 3 rings (SSSR count). The minimum atomic E-state index is 0.249. The van der Waals surface area contributed by atoms with Crippen LogP contribution in [0.1, 0.15) is 32.1 Å². The minimum absolute atomic E-state index is 0.249. The molecule has 5 nitrogen and oxygen atoms in total. The summed E-state index contributed by atoms with van der Waals surface area (Å²) >= 11 is 8.72. The Labute approximate surface area is 153 Å². The molecule has 7 heteroatoms. The minimum Gasteiger partial charge on any atom is -0.486 e. The summed E-state index contributed by atoms with van der Waals surface area (Å²) in [4.78, 5) is 0. The highest BCUT2D eigenvalue weighted by Gasteiger charge is 2.16. The molecular formula is C17H18BrN3O2S. The van der Waals surface area contributed by atoms with E-state index in [1.165, 1.54) is 0 Å². The van der Waals surface area contributed by atoms with E-state index >= 15 is 0 Å². The van der Waals surface area contributed by atoms with Gasteiger partial charge in [-0.15, -0.1) is 0 Å². The maximum absolute atomic E-state index is 5.88. The van der Waals surface area contributed by atoms with Crippen LogP contribution < -0.4 is 4.74 Å². The highest BCUT2D eigenvalue weighted by atomic mass is 79.9. The molecule has 0 aliphatic carbocycles. The maximum atomic E-state index is 5.88. The van der Waals surface area contributed by atoms with Crippen LogP contribution in [0.4, 0.5) is 0 Å². The van der Waals surface area contributed by atoms with Crippen molar-refractivity contribution >= 4 is 28.1 Å². The molecule has 1 atom stereocenters.